The molecule has 0 spiro atoms. The Morgan fingerprint density at radius 3 is 2.39 bits per heavy atom. The van der Waals surface area contributed by atoms with Gasteiger partial charge in [-0.2, -0.15) is 0 Å². The Hall–Kier alpha value is -2.07. The molecule has 3 aromatic rings. The number of fused-ring (bicyclic) bond motifs is 3. The van der Waals surface area contributed by atoms with E-state index in [1.165, 1.54) is 12.1 Å². The number of halogens is 1. The van der Waals surface area contributed by atoms with Gasteiger partial charge >= 0.3 is 0 Å². The molecule has 0 saturated heterocycles. The SMILES string of the molecule is CCC[C@@H]([C@@H](N)CC)n1c2ccc(O)cc2c2cc(F)ccc21. The van der Waals surface area contributed by atoms with Gasteiger partial charge < -0.3 is 15.4 Å². The number of rotatable bonds is 5. The third-order valence-electron chi connectivity index (χ3n) is 4.63. The molecule has 4 heteroatoms. The minimum Gasteiger partial charge on any atom is -0.508 e. The van der Waals surface area contributed by atoms with Crippen molar-refractivity contribution in [1.82, 2.24) is 4.57 Å². The number of hydrogen-bond donors (Lipinski definition) is 2. The second-order valence-electron chi connectivity index (χ2n) is 6.16. The number of hydrogen-bond acceptors (Lipinski definition) is 2. The Bertz CT molecular complexity index is 781. The summed E-state index contributed by atoms with van der Waals surface area (Å²) in [5, 5.41) is 11.5. The van der Waals surface area contributed by atoms with E-state index in [4.69, 9.17) is 5.73 Å². The summed E-state index contributed by atoms with van der Waals surface area (Å²) >= 11 is 0. The van der Waals surface area contributed by atoms with E-state index in [-0.39, 0.29) is 23.7 Å². The van der Waals surface area contributed by atoms with Crippen molar-refractivity contribution < 1.29 is 9.50 Å². The molecule has 0 saturated carbocycles. The zero-order chi connectivity index (χ0) is 16.6. The van der Waals surface area contributed by atoms with Crippen molar-refractivity contribution >= 4 is 21.8 Å². The molecule has 0 fully saturated rings. The van der Waals surface area contributed by atoms with Crippen molar-refractivity contribution in [1.29, 1.82) is 0 Å². The van der Waals surface area contributed by atoms with Gasteiger partial charge in [0, 0.05) is 33.9 Å². The van der Waals surface area contributed by atoms with Gasteiger partial charge in [-0.1, -0.05) is 20.3 Å². The van der Waals surface area contributed by atoms with Crippen LogP contribution < -0.4 is 5.73 Å². The van der Waals surface area contributed by atoms with E-state index in [1.54, 1.807) is 12.1 Å². The van der Waals surface area contributed by atoms with E-state index in [1.807, 2.05) is 12.1 Å². The van der Waals surface area contributed by atoms with Gasteiger partial charge in [-0.15, -0.1) is 0 Å². The molecule has 3 nitrogen and oxygen atoms in total. The van der Waals surface area contributed by atoms with E-state index in [0.29, 0.717) is 0 Å². The molecule has 0 aliphatic rings. The fraction of sp³-hybridized carbons (Fsp3) is 0.368. The van der Waals surface area contributed by atoms with Gasteiger partial charge in [0.15, 0.2) is 0 Å². The first kappa shape index (κ1) is 15.8. The average molecular weight is 314 g/mol. The van der Waals surface area contributed by atoms with Crippen LogP contribution >= 0.6 is 0 Å². The Morgan fingerprint density at radius 1 is 1.09 bits per heavy atom. The van der Waals surface area contributed by atoms with Crippen LogP contribution in [0, 0.1) is 5.82 Å². The lowest BCUT2D eigenvalue weighted by atomic mass is 10.0. The molecule has 1 aromatic heterocycles. The van der Waals surface area contributed by atoms with Gasteiger partial charge in [0.25, 0.3) is 0 Å². The van der Waals surface area contributed by atoms with Crippen LogP contribution in [0.25, 0.3) is 21.8 Å². The monoisotopic (exact) mass is 314 g/mol. The van der Waals surface area contributed by atoms with E-state index < -0.39 is 0 Å². The number of aromatic nitrogens is 1. The topological polar surface area (TPSA) is 51.2 Å². The van der Waals surface area contributed by atoms with Crippen LogP contribution in [-0.4, -0.2) is 15.7 Å². The first-order valence-corrected chi connectivity index (χ1v) is 8.24. The van der Waals surface area contributed by atoms with Gasteiger partial charge in [-0.3, -0.25) is 0 Å². The Labute approximate surface area is 135 Å². The van der Waals surface area contributed by atoms with Gasteiger partial charge in [-0.05, 0) is 49.2 Å². The molecule has 122 valence electrons. The summed E-state index contributed by atoms with van der Waals surface area (Å²) in [6, 6.07) is 10.3. The van der Waals surface area contributed by atoms with Gasteiger partial charge in [0.1, 0.15) is 11.6 Å². The summed E-state index contributed by atoms with van der Waals surface area (Å²) in [7, 11) is 0. The van der Waals surface area contributed by atoms with Crippen LogP contribution in [0.15, 0.2) is 36.4 Å². The van der Waals surface area contributed by atoms with Crippen molar-refractivity contribution in [3.8, 4) is 5.75 Å². The van der Waals surface area contributed by atoms with E-state index in [2.05, 4.69) is 18.4 Å². The van der Waals surface area contributed by atoms with Gasteiger partial charge in [-0.25, -0.2) is 4.39 Å². The number of benzene rings is 2. The fourth-order valence-electron chi connectivity index (χ4n) is 3.47. The molecule has 0 amide bonds. The van der Waals surface area contributed by atoms with Crippen molar-refractivity contribution in [2.75, 3.05) is 0 Å². The smallest absolute Gasteiger partial charge is 0.123 e. The highest BCUT2D eigenvalue weighted by Crippen LogP contribution is 2.36. The summed E-state index contributed by atoms with van der Waals surface area (Å²) in [5.41, 5.74) is 8.35. The average Bonchev–Trinajstić information content (AvgIpc) is 2.85. The Kier molecular flexibility index (Phi) is 4.26. The first-order valence-electron chi connectivity index (χ1n) is 8.24. The molecule has 1 heterocycles. The predicted molar refractivity (Wildman–Crippen MR) is 93.3 cm³/mol. The molecule has 2 atom stereocenters. The predicted octanol–water partition coefficient (Wildman–Crippen LogP) is 4.72. The lowest BCUT2D eigenvalue weighted by molar-refractivity contribution is 0.390. The standard InChI is InChI=1S/C19H23FN2O/c1-3-5-19(16(21)4-2)22-17-8-6-12(20)10-14(17)15-11-13(23)7-9-18(15)22/h6-11,16,19,23H,3-5,21H2,1-2H3/t16-,19-/m0/s1. The highest BCUT2D eigenvalue weighted by atomic mass is 19.1. The second kappa shape index (κ2) is 6.20. The second-order valence-corrected chi connectivity index (χ2v) is 6.16. The van der Waals surface area contributed by atoms with E-state index >= 15 is 0 Å². The van der Waals surface area contributed by atoms with Crippen LogP contribution in [0.1, 0.15) is 39.2 Å². The molecule has 0 unspecified atom stereocenters. The van der Waals surface area contributed by atoms with Crippen molar-refractivity contribution in [2.24, 2.45) is 5.73 Å². The zero-order valence-electron chi connectivity index (χ0n) is 13.6. The van der Waals surface area contributed by atoms with Gasteiger partial charge in [0.05, 0.1) is 0 Å². The van der Waals surface area contributed by atoms with Gasteiger partial charge in [0.2, 0.25) is 0 Å². The van der Waals surface area contributed by atoms with E-state index in [9.17, 15) is 9.50 Å². The van der Waals surface area contributed by atoms with E-state index in [0.717, 1.165) is 41.1 Å². The molecule has 0 aliphatic heterocycles. The summed E-state index contributed by atoms with van der Waals surface area (Å²) in [4.78, 5) is 0. The van der Waals surface area contributed by atoms with Crippen LogP contribution in [0.5, 0.6) is 5.75 Å². The lowest BCUT2D eigenvalue weighted by Gasteiger charge is -2.26. The number of phenols is 1. The summed E-state index contributed by atoms with van der Waals surface area (Å²) in [6.07, 6.45) is 2.87. The number of phenolic OH excluding ortho intramolecular Hbond substituents is 1. The molecule has 3 N–H and O–H groups in total. The maximum atomic E-state index is 13.8. The zero-order valence-corrected chi connectivity index (χ0v) is 13.6. The van der Waals surface area contributed by atoms with Crippen LogP contribution in [0.3, 0.4) is 0 Å². The minimum atomic E-state index is -0.272. The maximum absolute atomic E-state index is 13.8. The van der Waals surface area contributed by atoms with Crippen molar-refractivity contribution in [2.45, 2.75) is 45.2 Å². The Morgan fingerprint density at radius 2 is 1.74 bits per heavy atom. The lowest BCUT2D eigenvalue weighted by Crippen LogP contribution is -2.31. The highest BCUT2D eigenvalue weighted by Gasteiger charge is 2.22. The molecule has 0 bridgehead atoms. The van der Waals surface area contributed by atoms with Crippen molar-refractivity contribution in [3.05, 3.63) is 42.2 Å². The largest absolute Gasteiger partial charge is 0.508 e. The molecule has 23 heavy (non-hydrogen) atoms. The maximum Gasteiger partial charge on any atom is 0.123 e. The highest BCUT2D eigenvalue weighted by molar-refractivity contribution is 6.08. The third-order valence-corrected chi connectivity index (χ3v) is 4.63. The molecule has 0 radical (unpaired) electrons. The normalized spacial score (nSPS) is 14.4. The summed E-state index contributed by atoms with van der Waals surface area (Å²) < 4.78 is 16.0. The number of nitrogens with two attached hydrogens (primary N) is 1. The Balaban J connectivity index is 2.36. The molecular formula is C19H23FN2O. The summed E-state index contributed by atoms with van der Waals surface area (Å²) in [5.74, 6) is -0.0839. The molecular weight excluding hydrogens is 291 g/mol. The first-order chi connectivity index (χ1) is 11.1. The van der Waals surface area contributed by atoms with Crippen LogP contribution in [-0.2, 0) is 0 Å². The minimum absolute atomic E-state index is 0.0348. The number of nitrogens with zero attached hydrogens (tertiary/aromatic N) is 1. The van der Waals surface area contributed by atoms with Crippen LogP contribution in [0.2, 0.25) is 0 Å². The molecule has 0 aliphatic carbocycles. The van der Waals surface area contributed by atoms with Crippen LogP contribution in [0.4, 0.5) is 4.39 Å². The van der Waals surface area contributed by atoms with Crippen molar-refractivity contribution in [3.63, 3.8) is 0 Å². The number of aromatic hydroxyl groups is 1. The summed E-state index contributed by atoms with van der Waals surface area (Å²) in [6.45, 7) is 4.24. The fourth-order valence-corrected chi connectivity index (χ4v) is 3.47. The molecule has 2 aromatic carbocycles. The quantitative estimate of drug-likeness (QED) is 0.716. The third kappa shape index (κ3) is 2.68. The molecule has 3 rings (SSSR count).